The van der Waals surface area contributed by atoms with Crippen molar-refractivity contribution in [3.05, 3.63) is 44.9 Å². The van der Waals surface area contributed by atoms with Gasteiger partial charge in [0.25, 0.3) is 5.56 Å². The predicted molar refractivity (Wildman–Crippen MR) is 90.1 cm³/mol. The molecule has 1 saturated heterocycles. The van der Waals surface area contributed by atoms with Gasteiger partial charge in [0.2, 0.25) is 0 Å². The molecule has 0 bridgehead atoms. The van der Waals surface area contributed by atoms with E-state index in [9.17, 15) is 4.79 Å². The lowest BCUT2D eigenvalue weighted by atomic mass is 10.2. The minimum absolute atomic E-state index is 0.167. The van der Waals surface area contributed by atoms with Crippen molar-refractivity contribution in [2.45, 2.75) is 6.92 Å². The Balaban J connectivity index is 1.79. The molecule has 2 N–H and O–H groups in total. The molecular formula is C15H17BrN4O2. The second kappa shape index (κ2) is 6.50. The lowest BCUT2D eigenvalue weighted by Gasteiger charge is -2.28. The monoisotopic (exact) mass is 364 g/mol. The second-order valence-electron chi connectivity index (χ2n) is 5.09. The highest BCUT2D eigenvalue weighted by Crippen LogP contribution is 2.23. The molecule has 0 aromatic carbocycles. The first-order chi connectivity index (χ1) is 10.6. The van der Waals surface area contributed by atoms with Crippen LogP contribution in [0.1, 0.15) is 5.56 Å². The molecule has 2 aromatic rings. The van der Waals surface area contributed by atoms with E-state index in [4.69, 9.17) is 4.74 Å². The van der Waals surface area contributed by atoms with E-state index in [0.29, 0.717) is 11.5 Å². The zero-order chi connectivity index (χ0) is 15.5. The van der Waals surface area contributed by atoms with E-state index in [1.807, 2.05) is 25.3 Å². The van der Waals surface area contributed by atoms with Gasteiger partial charge in [0.1, 0.15) is 11.5 Å². The summed E-state index contributed by atoms with van der Waals surface area (Å²) in [7, 11) is 0. The van der Waals surface area contributed by atoms with E-state index in [2.05, 4.69) is 36.1 Å². The Morgan fingerprint density at radius 3 is 2.82 bits per heavy atom. The quantitative estimate of drug-likeness (QED) is 0.874. The number of aromatic amines is 1. The summed E-state index contributed by atoms with van der Waals surface area (Å²) in [5.41, 5.74) is 2.25. The van der Waals surface area contributed by atoms with Gasteiger partial charge in [-0.3, -0.25) is 4.79 Å². The van der Waals surface area contributed by atoms with Gasteiger partial charge in [-0.05, 0) is 40.5 Å². The Morgan fingerprint density at radius 2 is 2.14 bits per heavy atom. The van der Waals surface area contributed by atoms with E-state index in [1.165, 1.54) is 0 Å². The van der Waals surface area contributed by atoms with Gasteiger partial charge in [-0.1, -0.05) is 0 Å². The minimum Gasteiger partial charge on any atom is -0.378 e. The van der Waals surface area contributed by atoms with Crippen LogP contribution in [-0.2, 0) is 4.74 Å². The number of halogens is 1. The van der Waals surface area contributed by atoms with Crippen LogP contribution in [0, 0.1) is 6.92 Å². The van der Waals surface area contributed by atoms with Gasteiger partial charge in [-0.2, -0.15) is 0 Å². The standard InChI is InChI=1S/C15H17BrN4O2/c1-10-12(16)9-18-15(21)14(10)19-13-3-2-11(8-17-13)20-4-6-22-7-5-20/h2-3,8-9H,4-7H2,1H3,(H,17,19)(H,18,21). The van der Waals surface area contributed by atoms with Crippen molar-refractivity contribution in [3.8, 4) is 0 Å². The molecule has 6 nitrogen and oxygen atoms in total. The first kappa shape index (κ1) is 15.1. The zero-order valence-electron chi connectivity index (χ0n) is 12.2. The Bertz CT molecular complexity index is 708. The van der Waals surface area contributed by atoms with Crippen LogP contribution in [0.5, 0.6) is 0 Å². The lowest BCUT2D eigenvalue weighted by Crippen LogP contribution is -2.36. The number of hydrogen-bond acceptors (Lipinski definition) is 5. The second-order valence-corrected chi connectivity index (χ2v) is 5.95. The van der Waals surface area contributed by atoms with Gasteiger partial charge in [0.15, 0.2) is 0 Å². The summed E-state index contributed by atoms with van der Waals surface area (Å²) in [5.74, 6) is 0.642. The maximum atomic E-state index is 11.9. The van der Waals surface area contributed by atoms with E-state index in [1.54, 1.807) is 6.20 Å². The molecule has 3 heterocycles. The van der Waals surface area contributed by atoms with Gasteiger partial charge < -0.3 is 19.9 Å². The molecule has 2 aromatic heterocycles. The van der Waals surface area contributed by atoms with Crippen molar-refractivity contribution >= 4 is 33.1 Å². The van der Waals surface area contributed by atoms with Crippen LogP contribution in [0.4, 0.5) is 17.2 Å². The summed E-state index contributed by atoms with van der Waals surface area (Å²) in [6.07, 6.45) is 3.45. The smallest absolute Gasteiger partial charge is 0.272 e. The Kier molecular flexibility index (Phi) is 4.44. The molecule has 1 aliphatic rings. The average Bonchev–Trinajstić information content (AvgIpc) is 2.57. The molecular weight excluding hydrogens is 348 g/mol. The summed E-state index contributed by atoms with van der Waals surface area (Å²) in [5, 5.41) is 3.08. The van der Waals surface area contributed by atoms with Crippen molar-refractivity contribution in [2.24, 2.45) is 0 Å². The maximum Gasteiger partial charge on any atom is 0.272 e. The van der Waals surface area contributed by atoms with Crippen LogP contribution in [0.15, 0.2) is 33.8 Å². The van der Waals surface area contributed by atoms with Crippen molar-refractivity contribution in [3.63, 3.8) is 0 Å². The molecule has 0 radical (unpaired) electrons. The molecule has 0 atom stereocenters. The molecule has 3 rings (SSSR count). The first-order valence-electron chi connectivity index (χ1n) is 7.09. The summed E-state index contributed by atoms with van der Waals surface area (Å²) in [4.78, 5) is 21.2. The van der Waals surface area contributed by atoms with Gasteiger partial charge in [-0.25, -0.2) is 4.98 Å². The Morgan fingerprint density at radius 1 is 1.36 bits per heavy atom. The van der Waals surface area contributed by atoms with Crippen LogP contribution in [0.3, 0.4) is 0 Å². The number of aromatic nitrogens is 2. The van der Waals surface area contributed by atoms with E-state index < -0.39 is 0 Å². The fourth-order valence-corrected chi connectivity index (χ4v) is 2.66. The maximum absolute atomic E-state index is 11.9. The SMILES string of the molecule is Cc1c(Br)c[nH]c(=O)c1Nc1ccc(N2CCOCC2)cn1. The number of pyridine rings is 2. The van der Waals surface area contributed by atoms with E-state index in [0.717, 1.165) is 42.0 Å². The molecule has 0 spiro atoms. The number of hydrogen-bond donors (Lipinski definition) is 2. The fraction of sp³-hybridized carbons (Fsp3) is 0.333. The van der Waals surface area contributed by atoms with Crippen LogP contribution in [0.2, 0.25) is 0 Å². The molecule has 0 aliphatic carbocycles. The Labute approximate surface area is 136 Å². The van der Waals surface area contributed by atoms with Crippen LogP contribution in [-0.4, -0.2) is 36.3 Å². The molecule has 0 amide bonds. The molecule has 0 unspecified atom stereocenters. The number of rotatable bonds is 3. The number of H-pyrrole nitrogens is 1. The van der Waals surface area contributed by atoms with Gasteiger partial charge in [0, 0.05) is 23.8 Å². The number of ether oxygens (including phenoxy) is 1. The number of morpholine rings is 1. The minimum atomic E-state index is -0.167. The van der Waals surface area contributed by atoms with E-state index >= 15 is 0 Å². The number of nitrogens with one attached hydrogen (secondary N) is 2. The Hall–Kier alpha value is -1.86. The highest BCUT2D eigenvalue weighted by molar-refractivity contribution is 9.10. The topological polar surface area (TPSA) is 70.2 Å². The van der Waals surface area contributed by atoms with Crippen LogP contribution >= 0.6 is 15.9 Å². The number of anilines is 3. The van der Waals surface area contributed by atoms with Crippen molar-refractivity contribution in [1.29, 1.82) is 0 Å². The highest BCUT2D eigenvalue weighted by Gasteiger charge is 2.12. The van der Waals surface area contributed by atoms with Crippen molar-refractivity contribution < 1.29 is 4.74 Å². The van der Waals surface area contributed by atoms with Crippen LogP contribution < -0.4 is 15.8 Å². The van der Waals surface area contributed by atoms with Gasteiger partial charge in [-0.15, -0.1) is 0 Å². The average molecular weight is 365 g/mol. The molecule has 0 saturated carbocycles. The lowest BCUT2D eigenvalue weighted by molar-refractivity contribution is 0.122. The van der Waals surface area contributed by atoms with E-state index in [-0.39, 0.29) is 5.56 Å². The zero-order valence-corrected chi connectivity index (χ0v) is 13.8. The largest absolute Gasteiger partial charge is 0.378 e. The van der Waals surface area contributed by atoms with Crippen molar-refractivity contribution in [2.75, 3.05) is 36.5 Å². The third kappa shape index (κ3) is 3.15. The molecule has 1 aliphatic heterocycles. The van der Waals surface area contributed by atoms with Crippen molar-refractivity contribution in [1.82, 2.24) is 9.97 Å². The normalized spacial score (nSPS) is 14.9. The molecule has 116 valence electrons. The summed E-state index contributed by atoms with van der Waals surface area (Å²) >= 11 is 3.41. The summed E-state index contributed by atoms with van der Waals surface area (Å²) in [6.45, 7) is 5.11. The summed E-state index contributed by atoms with van der Waals surface area (Å²) < 4.78 is 6.19. The molecule has 22 heavy (non-hydrogen) atoms. The third-order valence-electron chi connectivity index (χ3n) is 3.67. The molecule has 1 fully saturated rings. The van der Waals surface area contributed by atoms with Crippen LogP contribution in [0.25, 0.3) is 0 Å². The highest BCUT2D eigenvalue weighted by atomic mass is 79.9. The predicted octanol–water partition coefficient (Wildman–Crippen LogP) is 2.42. The third-order valence-corrected chi connectivity index (χ3v) is 4.49. The van der Waals surface area contributed by atoms with Gasteiger partial charge >= 0.3 is 0 Å². The fourth-order valence-electron chi connectivity index (χ4n) is 2.35. The van der Waals surface area contributed by atoms with Gasteiger partial charge in [0.05, 0.1) is 25.1 Å². The summed E-state index contributed by atoms with van der Waals surface area (Å²) in [6, 6.07) is 3.88. The molecule has 7 heteroatoms. The number of nitrogens with zero attached hydrogens (tertiary/aromatic N) is 2. The first-order valence-corrected chi connectivity index (χ1v) is 7.88.